The van der Waals surface area contributed by atoms with Gasteiger partial charge < -0.3 is 14.6 Å². The Balaban J connectivity index is 1.57. The van der Waals surface area contributed by atoms with E-state index in [9.17, 15) is 4.79 Å². The number of aromatic nitrogens is 2. The van der Waals surface area contributed by atoms with Crippen molar-refractivity contribution in [3.05, 3.63) is 64.5 Å². The van der Waals surface area contributed by atoms with E-state index < -0.39 is 6.10 Å². The van der Waals surface area contributed by atoms with Crippen LogP contribution in [-0.4, -0.2) is 22.2 Å². The van der Waals surface area contributed by atoms with Gasteiger partial charge in [-0.25, -0.2) is 0 Å². The molecular formula is C19H17Cl2N3O3. The number of nitrogens with zero attached hydrogens (tertiary/aromatic N) is 2. The fourth-order valence-electron chi connectivity index (χ4n) is 2.32. The lowest BCUT2D eigenvalue weighted by Crippen LogP contribution is -2.37. The lowest BCUT2D eigenvalue weighted by Gasteiger charge is -2.16. The average Bonchev–Trinajstić information content (AvgIpc) is 3.15. The van der Waals surface area contributed by atoms with E-state index in [2.05, 4.69) is 15.5 Å². The Bertz CT molecular complexity index is 895. The zero-order valence-corrected chi connectivity index (χ0v) is 16.0. The van der Waals surface area contributed by atoms with Gasteiger partial charge in [0.1, 0.15) is 5.75 Å². The van der Waals surface area contributed by atoms with Gasteiger partial charge in [-0.1, -0.05) is 35.3 Å². The zero-order valence-electron chi connectivity index (χ0n) is 14.5. The Labute approximate surface area is 166 Å². The molecule has 0 aliphatic rings. The number of nitrogens with one attached hydrogen (secondary N) is 1. The number of amides is 1. The van der Waals surface area contributed by atoms with Gasteiger partial charge >= 0.3 is 0 Å². The summed E-state index contributed by atoms with van der Waals surface area (Å²) in [5.41, 5.74) is 0.776. The maximum atomic E-state index is 12.4. The number of hydrogen-bond acceptors (Lipinski definition) is 5. The molecule has 0 saturated heterocycles. The minimum absolute atomic E-state index is 0.111. The third kappa shape index (κ3) is 5.21. The first-order valence-electron chi connectivity index (χ1n) is 8.33. The van der Waals surface area contributed by atoms with Gasteiger partial charge in [0.25, 0.3) is 5.91 Å². The molecule has 0 bridgehead atoms. The van der Waals surface area contributed by atoms with Crippen molar-refractivity contribution in [3.63, 3.8) is 0 Å². The van der Waals surface area contributed by atoms with E-state index >= 15 is 0 Å². The first-order valence-corrected chi connectivity index (χ1v) is 9.09. The maximum Gasteiger partial charge on any atom is 0.261 e. The Hall–Kier alpha value is -2.57. The van der Waals surface area contributed by atoms with Crippen molar-refractivity contribution in [3.8, 4) is 17.1 Å². The van der Waals surface area contributed by atoms with Crippen molar-refractivity contribution >= 4 is 29.1 Å². The van der Waals surface area contributed by atoms with Crippen LogP contribution in [0.15, 0.2) is 53.1 Å². The molecule has 6 nitrogen and oxygen atoms in total. The predicted octanol–water partition coefficient (Wildman–Crippen LogP) is 4.52. The molecule has 0 spiro atoms. The Morgan fingerprint density at radius 2 is 1.74 bits per heavy atom. The first-order chi connectivity index (χ1) is 13.0. The van der Waals surface area contributed by atoms with Gasteiger partial charge in [-0.05, 0) is 55.0 Å². The number of benzene rings is 2. The van der Waals surface area contributed by atoms with E-state index in [1.54, 1.807) is 48.5 Å². The predicted molar refractivity (Wildman–Crippen MR) is 103 cm³/mol. The van der Waals surface area contributed by atoms with Crippen LogP contribution in [0.2, 0.25) is 10.0 Å². The van der Waals surface area contributed by atoms with Gasteiger partial charge in [-0.2, -0.15) is 4.98 Å². The number of halogens is 2. The van der Waals surface area contributed by atoms with Gasteiger partial charge in [0, 0.05) is 15.6 Å². The highest BCUT2D eigenvalue weighted by atomic mass is 35.5. The van der Waals surface area contributed by atoms with Crippen LogP contribution in [0.4, 0.5) is 0 Å². The van der Waals surface area contributed by atoms with Crippen molar-refractivity contribution in [1.29, 1.82) is 0 Å². The molecule has 8 heteroatoms. The van der Waals surface area contributed by atoms with E-state index in [1.165, 1.54) is 0 Å². The number of carbonyl (C=O) groups excluding carboxylic acids is 1. The summed E-state index contributed by atoms with van der Waals surface area (Å²) in [7, 11) is 0. The third-order valence-corrected chi connectivity index (χ3v) is 4.24. The van der Waals surface area contributed by atoms with Crippen LogP contribution in [-0.2, 0) is 11.3 Å². The zero-order chi connectivity index (χ0) is 19.2. The van der Waals surface area contributed by atoms with Crippen molar-refractivity contribution in [2.45, 2.75) is 26.0 Å². The molecule has 1 atom stereocenters. The normalized spacial score (nSPS) is 11.8. The van der Waals surface area contributed by atoms with Crippen LogP contribution < -0.4 is 10.1 Å². The van der Waals surface area contributed by atoms with Crippen molar-refractivity contribution < 1.29 is 14.1 Å². The monoisotopic (exact) mass is 405 g/mol. The van der Waals surface area contributed by atoms with Crippen LogP contribution in [0.25, 0.3) is 11.4 Å². The molecule has 1 heterocycles. The lowest BCUT2D eigenvalue weighted by atomic mass is 10.2. The smallest absolute Gasteiger partial charge is 0.261 e. The van der Waals surface area contributed by atoms with Gasteiger partial charge in [-0.3, -0.25) is 4.79 Å². The first kappa shape index (κ1) is 19.2. The van der Waals surface area contributed by atoms with Gasteiger partial charge in [0.05, 0.1) is 6.54 Å². The van der Waals surface area contributed by atoms with Crippen molar-refractivity contribution in [2.24, 2.45) is 0 Å². The summed E-state index contributed by atoms with van der Waals surface area (Å²) in [6.45, 7) is 1.98. The summed E-state index contributed by atoms with van der Waals surface area (Å²) in [6, 6.07) is 13.9. The van der Waals surface area contributed by atoms with Gasteiger partial charge in [0.15, 0.2) is 6.10 Å². The van der Waals surface area contributed by atoms with Crippen molar-refractivity contribution in [1.82, 2.24) is 15.5 Å². The molecule has 1 N–H and O–H groups in total. The molecule has 3 aromatic rings. The fourth-order valence-corrected chi connectivity index (χ4v) is 2.57. The lowest BCUT2D eigenvalue weighted by molar-refractivity contribution is -0.128. The van der Waals surface area contributed by atoms with Crippen molar-refractivity contribution in [2.75, 3.05) is 0 Å². The molecule has 3 rings (SSSR count). The fraction of sp³-hybridized carbons (Fsp3) is 0.211. The number of hydrogen-bond donors (Lipinski definition) is 1. The van der Waals surface area contributed by atoms with E-state index in [0.717, 1.165) is 5.56 Å². The van der Waals surface area contributed by atoms with Crippen LogP contribution in [0.5, 0.6) is 5.75 Å². The summed E-state index contributed by atoms with van der Waals surface area (Å²) in [4.78, 5) is 16.6. The molecule has 27 heavy (non-hydrogen) atoms. The molecule has 140 valence electrons. The second kappa shape index (κ2) is 8.88. The van der Waals surface area contributed by atoms with E-state index in [-0.39, 0.29) is 12.5 Å². The number of ether oxygens (including phenoxy) is 1. The van der Waals surface area contributed by atoms with Gasteiger partial charge in [0.2, 0.25) is 11.7 Å². The largest absolute Gasteiger partial charge is 0.481 e. The second-order valence-corrected chi connectivity index (χ2v) is 6.58. The molecule has 1 aromatic heterocycles. The molecule has 0 aliphatic carbocycles. The van der Waals surface area contributed by atoms with Gasteiger partial charge in [-0.15, -0.1) is 0 Å². The molecule has 2 aromatic carbocycles. The number of carbonyl (C=O) groups is 1. The Morgan fingerprint density at radius 1 is 1.11 bits per heavy atom. The highest BCUT2D eigenvalue weighted by Crippen LogP contribution is 2.19. The Kier molecular flexibility index (Phi) is 6.32. The summed E-state index contributed by atoms with van der Waals surface area (Å²) in [6.07, 6.45) is -0.126. The van der Waals surface area contributed by atoms with E-state index in [1.807, 2.05) is 6.92 Å². The summed E-state index contributed by atoms with van der Waals surface area (Å²) < 4.78 is 10.9. The summed E-state index contributed by atoms with van der Waals surface area (Å²) >= 11 is 11.7. The maximum absolute atomic E-state index is 12.4. The highest BCUT2D eigenvalue weighted by Gasteiger charge is 2.19. The topological polar surface area (TPSA) is 77.2 Å². The summed E-state index contributed by atoms with van der Waals surface area (Å²) in [5.74, 6) is 1.04. The minimum atomic E-state index is -0.634. The van der Waals surface area contributed by atoms with E-state index in [0.29, 0.717) is 33.9 Å². The molecular weight excluding hydrogens is 389 g/mol. The van der Waals surface area contributed by atoms with Crippen LogP contribution >= 0.6 is 23.2 Å². The van der Waals surface area contributed by atoms with Crippen LogP contribution in [0.3, 0.4) is 0 Å². The highest BCUT2D eigenvalue weighted by molar-refractivity contribution is 6.30. The average molecular weight is 406 g/mol. The van der Waals surface area contributed by atoms with Crippen LogP contribution in [0.1, 0.15) is 19.2 Å². The van der Waals surface area contributed by atoms with E-state index in [4.69, 9.17) is 32.5 Å². The SMILES string of the molecule is CC[C@@H](Oc1ccc(Cl)cc1)C(=O)NCc1nc(-c2ccc(Cl)cc2)no1. The quantitative estimate of drug-likeness (QED) is 0.625. The van der Waals surface area contributed by atoms with Crippen LogP contribution in [0, 0.1) is 0 Å². The second-order valence-electron chi connectivity index (χ2n) is 5.71. The summed E-state index contributed by atoms with van der Waals surface area (Å²) in [5, 5.41) is 7.89. The molecule has 0 unspecified atom stereocenters. The molecule has 0 fully saturated rings. The molecule has 0 aliphatic heterocycles. The third-order valence-electron chi connectivity index (χ3n) is 3.74. The number of rotatable bonds is 7. The molecule has 0 saturated carbocycles. The Morgan fingerprint density at radius 3 is 2.37 bits per heavy atom. The standard InChI is InChI=1S/C19H17Cl2N3O3/c1-2-16(26-15-9-7-14(21)8-10-15)19(25)22-11-17-23-18(24-27-17)12-3-5-13(20)6-4-12/h3-10,16H,2,11H2,1H3,(H,22,25)/t16-/m1/s1. The minimum Gasteiger partial charge on any atom is -0.481 e. The molecule has 1 amide bonds. The molecule has 0 radical (unpaired) electrons.